The Bertz CT molecular complexity index is 623. The van der Waals surface area contributed by atoms with Crippen LogP contribution in [0.4, 0.5) is 5.69 Å². The number of pyridine rings is 1. The van der Waals surface area contributed by atoms with Crippen molar-refractivity contribution in [1.82, 2.24) is 4.98 Å². The number of para-hydroxylation sites is 1. The van der Waals surface area contributed by atoms with Gasteiger partial charge in [0.2, 0.25) is 0 Å². The number of rotatable bonds is 4. The van der Waals surface area contributed by atoms with Crippen LogP contribution < -0.4 is 5.32 Å². The molecule has 1 heterocycles. The highest BCUT2D eigenvalue weighted by Gasteiger charge is 2.19. The molecule has 0 amide bonds. The fourth-order valence-corrected chi connectivity index (χ4v) is 2.39. The second kappa shape index (κ2) is 5.27. The maximum absolute atomic E-state index is 9.27. The number of benzene rings is 1. The predicted molar refractivity (Wildman–Crippen MR) is 79.1 cm³/mol. The van der Waals surface area contributed by atoms with Crippen molar-refractivity contribution in [3.63, 3.8) is 0 Å². The molecule has 1 aromatic heterocycles. The van der Waals surface area contributed by atoms with Crippen LogP contribution in [-0.4, -0.2) is 10.5 Å². The van der Waals surface area contributed by atoms with E-state index in [1.165, 1.54) is 0 Å². The molecule has 1 aromatic carbocycles. The Labute approximate surface area is 114 Å². The van der Waals surface area contributed by atoms with Gasteiger partial charge in [-0.15, -0.1) is 0 Å². The summed E-state index contributed by atoms with van der Waals surface area (Å²) in [5, 5.41) is 13.8. The van der Waals surface area contributed by atoms with Gasteiger partial charge in [-0.2, -0.15) is 5.26 Å². The smallest absolute Gasteiger partial charge is 0.103 e. The van der Waals surface area contributed by atoms with Crippen molar-refractivity contribution < 1.29 is 0 Å². The quantitative estimate of drug-likeness (QED) is 0.892. The minimum Gasteiger partial charge on any atom is -0.379 e. The van der Waals surface area contributed by atoms with Gasteiger partial charge < -0.3 is 5.32 Å². The van der Waals surface area contributed by atoms with Gasteiger partial charge in [0.1, 0.15) is 6.07 Å². The first-order chi connectivity index (χ1) is 9.07. The van der Waals surface area contributed by atoms with Gasteiger partial charge in [0.15, 0.2) is 0 Å². The van der Waals surface area contributed by atoms with Crippen LogP contribution in [0.15, 0.2) is 30.5 Å². The highest BCUT2D eigenvalue weighted by molar-refractivity contribution is 5.94. The first kappa shape index (κ1) is 13.4. The first-order valence-electron chi connectivity index (χ1n) is 6.63. The van der Waals surface area contributed by atoms with E-state index in [4.69, 9.17) is 0 Å². The molecule has 0 atom stereocenters. The SMILES string of the molecule is CCCC(C)(C)Nc1c(C#N)cnc2ccccc12. The van der Waals surface area contributed by atoms with E-state index in [0.717, 1.165) is 29.4 Å². The van der Waals surface area contributed by atoms with Crippen molar-refractivity contribution in [3.05, 3.63) is 36.0 Å². The van der Waals surface area contributed by atoms with E-state index in [0.29, 0.717) is 5.56 Å². The molecule has 3 nitrogen and oxygen atoms in total. The standard InChI is InChI=1S/C16H19N3/c1-4-9-16(2,3)19-15-12(10-17)11-18-14-8-6-5-7-13(14)15/h5-8,11H,4,9H2,1-3H3,(H,18,19). The summed E-state index contributed by atoms with van der Waals surface area (Å²) in [4.78, 5) is 4.33. The van der Waals surface area contributed by atoms with Crippen molar-refractivity contribution >= 4 is 16.6 Å². The van der Waals surface area contributed by atoms with Gasteiger partial charge in [-0.1, -0.05) is 31.5 Å². The Morgan fingerprint density at radius 2 is 2.05 bits per heavy atom. The fourth-order valence-electron chi connectivity index (χ4n) is 2.39. The lowest BCUT2D eigenvalue weighted by atomic mass is 9.97. The summed E-state index contributed by atoms with van der Waals surface area (Å²) in [5.74, 6) is 0. The zero-order valence-electron chi connectivity index (χ0n) is 11.7. The third-order valence-electron chi connectivity index (χ3n) is 3.23. The number of hydrogen-bond donors (Lipinski definition) is 1. The molecule has 0 saturated carbocycles. The second-order valence-electron chi connectivity index (χ2n) is 5.43. The molecule has 0 aliphatic carbocycles. The molecule has 0 spiro atoms. The van der Waals surface area contributed by atoms with E-state index < -0.39 is 0 Å². The second-order valence-corrected chi connectivity index (χ2v) is 5.43. The Kier molecular flexibility index (Phi) is 3.71. The summed E-state index contributed by atoms with van der Waals surface area (Å²) >= 11 is 0. The van der Waals surface area contributed by atoms with Crippen LogP contribution in [-0.2, 0) is 0 Å². The van der Waals surface area contributed by atoms with Crippen molar-refractivity contribution in [1.29, 1.82) is 5.26 Å². The van der Waals surface area contributed by atoms with Gasteiger partial charge in [-0.3, -0.25) is 4.98 Å². The zero-order valence-corrected chi connectivity index (χ0v) is 11.7. The van der Waals surface area contributed by atoms with E-state index in [1.54, 1.807) is 6.20 Å². The number of anilines is 1. The molecule has 0 bridgehead atoms. The maximum atomic E-state index is 9.27. The van der Waals surface area contributed by atoms with Crippen LogP contribution in [0, 0.1) is 11.3 Å². The summed E-state index contributed by atoms with van der Waals surface area (Å²) in [7, 11) is 0. The van der Waals surface area contributed by atoms with Gasteiger partial charge in [0, 0.05) is 17.1 Å². The van der Waals surface area contributed by atoms with E-state index in [2.05, 4.69) is 37.1 Å². The number of nitrogens with zero attached hydrogens (tertiary/aromatic N) is 2. The molecule has 1 N–H and O–H groups in total. The molecule has 3 heteroatoms. The van der Waals surface area contributed by atoms with E-state index in [1.807, 2.05) is 24.3 Å². The van der Waals surface area contributed by atoms with Gasteiger partial charge in [0.05, 0.1) is 16.8 Å². The minimum atomic E-state index is -0.0372. The van der Waals surface area contributed by atoms with Crippen molar-refractivity contribution in [2.75, 3.05) is 5.32 Å². The number of hydrogen-bond acceptors (Lipinski definition) is 3. The highest BCUT2D eigenvalue weighted by atomic mass is 15.0. The highest BCUT2D eigenvalue weighted by Crippen LogP contribution is 2.29. The third kappa shape index (κ3) is 2.85. The monoisotopic (exact) mass is 253 g/mol. The first-order valence-corrected chi connectivity index (χ1v) is 6.63. The molecule has 0 fully saturated rings. The average Bonchev–Trinajstić information content (AvgIpc) is 2.38. The number of fused-ring (bicyclic) bond motifs is 1. The summed E-state index contributed by atoms with van der Waals surface area (Å²) in [6, 6.07) is 10.1. The summed E-state index contributed by atoms with van der Waals surface area (Å²) in [5.41, 5.74) is 2.37. The van der Waals surface area contributed by atoms with E-state index >= 15 is 0 Å². The largest absolute Gasteiger partial charge is 0.379 e. The van der Waals surface area contributed by atoms with Gasteiger partial charge in [-0.05, 0) is 26.3 Å². The van der Waals surface area contributed by atoms with Crippen LogP contribution in [0.3, 0.4) is 0 Å². The van der Waals surface area contributed by atoms with Crippen LogP contribution in [0.2, 0.25) is 0 Å². The lowest BCUT2D eigenvalue weighted by Crippen LogP contribution is -2.31. The molecule has 0 aliphatic rings. The summed E-state index contributed by atoms with van der Waals surface area (Å²) in [6.45, 7) is 6.49. The lowest BCUT2D eigenvalue weighted by Gasteiger charge is -2.28. The van der Waals surface area contributed by atoms with E-state index in [-0.39, 0.29) is 5.54 Å². The normalized spacial score (nSPS) is 11.3. The summed E-state index contributed by atoms with van der Waals surface area (Å²) in [6.07, 6.45) is 3.80. The predicted octanol–water partition coefficient (Wildman–Crippen LogP) is 4.10. The fraction of sp³-hybridized carbons (Fsp3) is 0.375. The number of nitriles is 1. The Morgan fingerprint density at radius 3 is 2.74 bits per heavy atom. The van der Waals surface area contributed by atoms with Gasteiger partial charge in [-0.25, -0.2) is 0 Å². The third-order valence-corrected chi connectivity index (χ3v) is 3.23. The molecule has 2 rings (SSSR count). The molecule has 0 radical (unpaired) electrons. The lowest BCUT2D eigenvalue weighted by molar-refractivity contribution is 0.511. The van der Waals surface area contributed by atoms with Gasteiger partial charge in [0.25, 0.3) is 0 Å². The van der Waals surface area contributed by atoms with Crippen LogP contribution >= 0.6 is 0 Å². The Hall–Kier alpha value is -2.08. The summed E-state index contributed by atoms with van der Waals surface area (Å²) < 4.78 is 0. The number of nitrogens with one attached hydrogen (secondary N) is 1. The zero-order chi connectivity index (χ0) is 13.9. The molecule has 19 heavy (non-hydrogen) atoms. The maximum Gasteiger partial charge on any atom is 0.103 e. The van der Waals surface area contributed by atoms with Gasteiger partial charge >= 0.3 is 0 Å². The average molecular weight is 253 g/mol. The minimum absolute atomic E-state index is 0.0372. The topological polar surface area (TPSA) is 48.7 Å². The molecule has 0 unspecified atom stereocenters. The Balaban J connectivity index is 2.54. The van der Waals surface area contributed by atoms with Crippen molar-refractivity contribution in [3.8, 4) is 6.07 Å². The molecule has 2 aromatic rings. The molecule has 0 saturated heterocycles. The number of aromatic nitrogens is 1. The Morgan fingerprint density at radius 1 is 1.32 bits per heavy atom. The van der Waals surface area contributed by atoms with Crippen LogP contribution in [0.25, 0.3) is 10.9 Å². The van der Waals surface area contributed by atoms with Crippen LogP contribution in [0.5, 0.6) is 0 Å². The van der Waals surface area contributed by atoms with Crippen molar-refractivity contribution in [2.45, 2.75) is 39.2 Å². The molecule has 0 aliphatic heterocycles. The molecular weight excluding hydrogens is 234 g/mol. The molecule has 98 valence electrons. The van der Waals surface area contributed by atoms with Crippen molar-refractivity contribution in [2.24, 2.45) is 0 Å². The van der Waals surface area contributed by atoms with E-state index in [9.17, 15) is 5.26 Å². The van der Waals surface area contributed by atoms with Crippen LogP contribution in [0.1, 0.15) is 39.2 Å². The molecular formula is C16H19N3.